The lowest BCUT2D eigenvalue weighted by molar-refractivity contribution is 0.372. The van der Waals surface area contributed by atoms with Gasteiger partial charge in [0.15, 0.2) is 0 Å². The second-order valence-corrected chi connectivity index (χ2v) is 9.21. The van der Waals surface area contributed by atoms with Gasteiger partial charge in [-0.3, -0.25) is 4.99 Å². The summed E-state index contributed by atoms with van der Waals surface area (Å²) >= 11 is 2.31. The molecule has 144 valence electrons. The molecular weight excluding hydrogens is 447 g/mol. The molecule has 0 fully saturated rings. The Kier molecular flexibility index (Phi) is 6.14. The number of halogens is 1. The van der Waals surface area contributed by atoms with Gasteiger partial charge < -0.3 is 9.64 Å². The molecule has 1 unspecified atom stereocenters. The van der Waals surface area contributed by atoms with Crippen molar-refractivity contribution in [3.63, 3.8) is 0 Å². The molecule has 2 aromatic rings. The molecule has 4 heteroatoms. The number of ether oxygens (including phenoxy) is 1. The third-order valence-electron chi connectivity index (χ3n) is 5.35. The smallest absolute Gasteiger partial charge is 0.129 e. The third kappa shape index (κ3) is 4.31. The van der Waals surface area contributed by atoms with Crippen molar-refractivity contribution in [3.8, 4) is 5.75 Å². The predicted molar refractivity (Wildman–Crippen MR) is 124 cm³/mol. The lowest BCUT2D eigenvalue weighted by atomic mass is 9.79. The van der Waals surface area contributed by atoms with Crippen LogP contribution in [0.15, 0.2) is 41.4 Å². The Morgan fingerprint density at radius 1 is 1.30 bits per heavy atom. The Balaban J connectivity index is 2.04. The zero-order chi connectivity index (χ0) is 19.6. The largest absolute Gasteiger partial charge is 0.496 e. The Hall–Kier alpha value is -1.56. The van der Waals surface area contributed by atoms with Crippen LogP contribution in [0.4, 0.5) is 11.4 Å². The van der Waals surface area contributed by atoms with Crippen molar-refractivity contribution >= 4 is 40.2 Å². The second-order valence-electron chi connectivity index (χ2n) is 7.96. The van der Waals surface area contributed by atoms with Crippen LogP contribution in [0.3, 0.4) is 0 Å². The van der Waals surface area contributed by atoms with Crippen LogP contribution in [0.25, 0.3) is 0 Å². The molecule has 0 N–H and O–H groups in total. The SMILES string of the molecule is CCCN1c2cc(OC)c(C=Nc3cccc(I)c3)cc2C(C)CC1(C)C. The van der Waals surface area contributed by atoms with E-state index in [1.165, 1.54) is 14.8 Å². The van der Waals surface area contributed by atoms with Crippen molar-refractivity contribution in [1.29, 1.82) is 0 Å². The summed E-state index contributed by atoms with van der Waals surface area (Å²) in [7, 11) is 1.74. The average Bonchev–Trinajstić information content (AvgIpc) is 2.62. The topological polar surface area (TPSA) is 24.8 Å². The molecular formula is C23H29IN2O. The van der Waals surface area contributed by atoms with Gasteiger partial charge >= 0.3 is 0 Å². The van der Waals surface area contributed by atoms with Gasteiger partial charge in [0.25, 0.3) is 0 Å². The fourth-order valence-corrected chi connectivity index (χ4v) is 4.68. The molecule has 1 aliphatic rings. The molecule has 27 heavy (non-hydrogen) atoms. The quantitative estimate of drug-likeness (QED) is 0.361. The van der Waals surface area contributed by atoms with E-state index in [1.54, 1.807) is 7.11 Å². The highest BCUT2D eigenvalue weighted by Crippen LogP contribution is 2.45. The van der Waals surface area contributed by atoms with Gasteiger partial charge in [-0.25, -0.2) is 0 Å². The summed E-state index contributed by atoms with van der Waals surface area (Å²) in [6, 6.07) is 12.7. The minimum atomic E-state index is 0.157. The molecule has 0 amide bonds. The number of methoxy groups -OCH3 is 1. The maximum Gasteiger partial charge on any atom is 0.129 e. The monoisotopic (exact) mass is 476 g/mol. The van der Waals surface area contributed by atoms with Crippen LogP contribution in [0.2, 0.25) is 0 Å². The van der Waals surface area contributed by atoms with E-state index in [0.717, 1.165) is 36.4 Å². The molecule has 3 rings (SSSR count). The lowest BCUT2D eigenvalue weighted by Gasteiger charge is -2.47. The number of fused-ring (bicyclic) bond motifs is 1. The van der Waals surface area contributed by atoms with Crippen LogP contribution in [-0.4, -0.2) is 25.4 Å². The van der Waals surface area contributed by atoms with Crippen molar-refractivity contribution < 1.29 is 4.74 Å². The van der Waals surface area contributed by atoms with Crippen molar-refractivity contribution in [3.05, 3.63) is 51.1 Å². The van der Waals surface area contributed by atoms with Crippen molar-refractivity contribution in [2.75, 3.05) is 18.6 Å². The van der Waals surface area contributed by atoms with Crippen LogP contribution in [-0.2, 0) is 0 Å². The Morgan fingerprint density at radius 3 is 2.74 bits per heavy atom. The van der Waals surface area contributed by atoms with Crippen LogP contribution in [0.5, 0.6) is 5.75 Å². The number of anilines is 1. The Labute approximate surface area is 177 Å². The maximum atomic E-state index is 5.73. The fraction of sp³-hybridized carbons (Fsp3) is 0.435. The minimum absolute atomic E-state index is 0.157. The van der Waals surface area contributed by atoms with Crippen LogP contribution in [0, 0.1) is 3.57 Å². The molecule has 0 spiro atoms. The zero-order valence-electron chi connectivity index (χ0n) is 16.9. The molecule has 0 aliphatic carbocycles. The summed E-state index contributed by atoms with van der Waals surface area (Å²) < 4.78 is 6.92. The summed E-state index contributed by atoms with van der Waals surface area (Å²) in [5.41, 5.74) is 4.86. The summed E-state index contributed by atoms with van der Waals surface area (Å²) in [4.78, 5) is 7.23. The summed E-state index contributed by atoms with van der Waals surface area (Å²) in [6.45, 7) is 10.3. The highest BCUT2D eigenvalue weighted by Gasteiger charge is 2.36. The Bertz CT molecular complexity index is 844. The van der Waals surface area contributed by atoms with E-state index < -0.39 is 0 Å². The van der Waals surface area contributed by atoms with Gasteiger partial charge in [0.2, 0.25) is 0 Å². The summed E-state index contributed by atoms with van der Waals surface area (Å²) in [5, 5.41) is 0. The van der Waals surface area contributed by atoms with E-state index in [9.17, 15) is 0 Å². The fourth-order valence-electron chi connectivity index (χ4n) is 4.15. The number of rotatable bonds is 5. The van der Waals surface area contributed by atoms with Gasteiger partial charge in [0.05, 0.1) is 12.8 Å². The maximum absolute atomic E-state index is 5.73. The van der Waals surface area contributed by atoms with Gasteiger partial charge in [-0.1, -0.05) is 19.9 Å². The van der Waals surface area contributed by atoms with Crippen molar-refractivity contribution in [2.45, 2.75) is 52.0 Å². The third-order valence-corrected chi connectivity index (χ3v) is 6.02. The van der Waals surface area contributed by atoms with Crippen LogP contribution >= 0.6 is 22.6 Å². The van der Waals surface area contributed by atoms with Gasteiger partial charge in [0.1, 0.15) is 5.75 Å². The summed E-state index contributed by atoms with van der Waals surface area (Å²) in [5.74, 6) is 1.40. The number of hydrogen-bond acceptors (Lipinski definition) is 3. The van der Waals surface area contributed by atoms with E-state index in [2.05, 4.69) is 84.4 Å². The molecule has 0 saturated carbocycles. The van der Waals surface area contributed by atoms with E-state index in [1.807, 2.05) is 18.3 Å². The van der Waals surface area contributed by atoms with E-state index >= 15 is 0 Å². The molecule has 1 aliphatic heterocycles. The number of aliphatic imine (C=N–C) groups is 1. The van der Waals surface area contributed by atoms with Crippen molar-refractivity contribution in [2.24, 2.45) is 4.99 Å². The predicted octanol–water partition coefficient (Wildman–Crippen LogP) is 6.55. The second kappa shape index (κ2) is 8.21. The molecule has 1 heterocycles. The molecule has 0 radical (unpaired) electrons. The Morgan fingerprint density at radius 2 is 2.07 bits per heavy atom. The number of nitrogens with zero attached hydrogens (tertiary/aromatic N) is 2. The normalized spacial score (nSPS) is 18.6. The molecule has 3 nitrogen and oxygen atoms in total. The first-order valence-corrected chi connectivity index (χ1v) is 10.7. The highest BCUT2D eigenvalue weighted by atomic mass is 127. The zero-order valence-corrected chi connectivity index (χ0v) is 19.1. The van der Waals surface area contributed by atoms with E-state index in [0.29, 0.717) is 5.92 Å². The molecule has 0 saturated heterocycles. The van der Waals surface area contributed by atoms with Gasteiger partial charge in [-0.15, -0.1) is 0 Å². The molecule has 0 bridgehead atoms. The van der Waals surface area contributed by atoms with Crippen molar-refractivity contribution in [1.82, 2.24) is 0 Å². The molecule has 0 aromatic heterocycles. The van der Waals surface area contributed by atoms with Gasteiger partial charge in [0, 0.05) is 39.2 Å². The number of benzene rings is 2. The first-order chi connectivity index (χ1) is 12.9. The number of hydrogen-bond donors (Lipinski definition) is 0. The van der Waals surface area contributed by atoms with Crippen LogP contribution < -0.4 is 9.64 Å². The van der Waals surface area contributed by atoms with Crippen LogP contribution in [0.1, 0.15) is 57.6 Å². The lowest BCUT2D eigenvalue weighted by Crippen LogP contribution is -2.48. The van der Waals surface area contributed by atoms with E-state index in [-0.39, 0.29) is 5.54 Å². The van der Waals surface area contributed by atoms with Gasteiger partial charge in [-0.2, -0.15) is 0 Å². The minimum Gasteiger partial charge on any atom is -0.496 e. The highest BCUT2D eigenvalue weighted by molar-refractivity contribution is 14.1. The van der Waals surface area contributed by atoms with E-state index in [4.69, 9.17) is 4.74 Å². The summed E-state index contributed by atoms with van der Waals surface area (Å²) in [6.07, 6.45) is 4.22. The first kappa shape index (κ1) is 20.2. The first-order valence-electron chi connectivity index (χ1n) is 9.65. The molecule has 2 aromatic carbocycles. The standard InChI is InChI=1S/C23H29IN2O/c1-6-10-26-21-13-22(27-5)17(11-20(21)16(2)14-23(26,3)4)15-25-19-9-7-8-18(24)12-19/h7-9,11-13,15-16H,6,10,14H2,1-5H3. The average molecular weight is 476 g/mol. The molecule has 1 atom stereocenters. The van der Waals surface area contributed by atoms with Gasteiger partial charge in [-0.05, 0) is 85.0 Å².